The smallest absolute Gasteiger partial charge is 0.278 e. The predicted molar refractivity (Wildman–Crippen MR) is 97.4 cm³/mol. The van der Waals surface area contributed by atoms with E-state index in [1.165, 1.54) is 0 Å². The van der Waals surface area contributed by atoms with Crippen molar-refractivity contribution in [1.29, 1.82) is 0 Å². The summed E-state index contributed by atoms with van der Waals surface area (Å²) in [4.78, 5) is 15.7. The maximum absolute atomic E-state index is 12.8. The van der Waals surface area contributed by atoms with Crippen LogP contribution in [0.4, 0.5) is 0 Å². The summed E-state index contributed by atoms with van der Waals surface area (Å²) in [6.45, 7) is 3.80. The summed E-state index contributed by atoms with van der Waals surface area (Å²) in [5.74, 6) is 1.57. The fourth-order valence-corrected chi connectivity index (χ4v) is 3.08. The number of carbonyl (C=O) groups is 1. The number of ether oxygens (including phenoxy) is 2. The molecule has 3 rings (SSSR count). The Bertz CT molecular complexity index is 772. The van der Waals surface area contributed by atoms with Gasteiger partial charge in [0.25, 0.3) is 5.91 Å². The lowest BCUT2D eigenvalue weighted by Gasteiger charge is -2.31. The predicted octanol–water partition coefficient (Wildman–Crippen LogP) is 0.0416. The van der Waals surface area contributed by atoms with Gasteiger partial charge < -0.3 is 19.3 Å². The van der Waals surface area contributed by atoms with E-state index < -0.39 is 0 Å². The Morgan fingerprint density at radius 1 is 1.35 bits per heavy atom. The Morgan fingerprint density at radius 3 is 2.73 bits per heavy atom. The van der Waals surface area contributed by atoms with Crippen molar-refractivity contribution in [3.63, 3.8) is 0 Å². The second-order valence-corrected chi connectivity index (χ2v) is 7.06. The van der Waals surface area contributed by atoms with Gasteiger partial charge in [0.15, 0.2) is 24.1 Å². The summed E-state index contributed by atoms with van der Waals surface area (Å²) in [6, 6.07) is 9.63. The molecule has 0 bridgehead atoms. The molecule has 2 aromatic rings. The normalized spacial score (nSPS) is 16.0. The summed E-state index contributed by atoms with van der Waals surface area (Å²) in [7, 11) is 5.85. The molecule has 1 N–H and O–H groups in total. The van der Waals surface area contributed by atoms with Gasteiger partial charge in [0.05, 0.1) is 38.6 Å². The summed E-state index contributed by atoms with van der Waals surface area (Å²) in [5.41, 5.74) is 1.95. The second-order valence-electron chi connectivity index (χ2n) is 7.06. The first-order valence-corrected chi connectivity index (χ1v) is 8.87. The van der Waals surface area contributed by atoms with Crippen molar-refractivity contribution < 1.29 is 19.2 Å². The standard InChI is InChI=1S/C19H26N4O3/c1-14-9-15(22(4)20-14)10-23(19(24)12-21(2)3)11-16-13-25-17-7-5-6-8-18(17)26-16/h5-9,16H,10-13H2,1-4H3/p+1/t16-/m0/s1. The van der Waals surface area contributed by atoms with Crippen molar-refractivity contribution in [3.8, 4) is 11.5 Å². The number of nitrogens with zero attached hydrogens (tertiary/aromatic N) is 3. The highest BCUT2D eigenvalue weighted by atomic mass is 16.6. The number of benzene rings is 1. The molecule has 140 valence electrons. The van der Waals surface area contributed by atoms with Gasteiger partial charge >= 0.3 is 0 Å². The molecule has 1 amide bonds. The van der Waals surface area contributed by atoms with Gasteiger partial charge in [-0.2, -0.15) is 5.10 Å². The number of carbonyl (C=O) groups excluding carboxylic acids is 1. The fourth-order valence-electron chi connectivity index (χ4n) is 3.08. The number of aryl methyl sites for hydroxylation is 2. The largest absolute Gasteiger partial charge is 0.486 e. The molecule has 0 radical (unpaired) electrons. The first-order valence-electron chi connectivity index (χ1n) is 8.87. The van der Waals surface area contributed by atoms with E-state index in [9.17, 15) is 4.79 Å². The molecule has 0 spiro atoms. The summed E-state index contributed by atoms with van der Waals surface area (Å²) >= 11 is 0. The molecule has 1 aliphatic heterocycles. The zero-order valence-electron chi connectivity index (χ0n) is 15.9. The van der Waals surface area contributed by atoms with Crippen molar-refractivity contribution in [2.24, 2.45) is 7.05 Å². The van der Waals surface area contributed by atoms with Crippen LogP contribution in [0, 0.1) is 6.92 Å². The Hall–Kier alpha value is -2.54. The van der Waals surface area contributed by atoms with Crippen LogP contribution < -0.4 is 14.4 Å². The van der Waals surface area contributed by atoms with Crippen LogP contribution in [0.5, 0.6) is 11.5 Å². The number of fused-ring (bicyclic) bond motifs is 1. The second kappa shape index (κ2) is 7.78. The van der Waals surface area contributed by atoms with Crippen molar-refractivity contribution in [1.82, 2.24) is 14.7 Å². The maximum atomic E-state index is 12.8. The molecule has 7 nitrogen and oxygen atoms in total. The highest BCUT2D eigenvalue weighted by molar-refractivity contribution is 5.77. The Balaban J connectivity index is 1.73. The molecular weight excluding hydrogens is 332 g/mol. The highest BCUT2D eigenvalue weighted by Crippen LogP contribution is 2.31. The lowest BCUT2D eigenvalue weighted by atomic mass is 10.2. The van der Waals surface area contributed by atoms with Gasteiger partial charge in [0, 0.05) is 7.05 Å². The number of rotatable bonds is 6. The van der Waals surface area contributed by atoms with E-state index in [1.54, 1.807) is 0 Å². The molecule has 0 fully saturated rings. The lowest BCUT2D eigenvalue weighted by Crippen LogP contribution is -3.07. The molecule has 1 aromatic heterocycles. The molecule has 7 heteroatoms. The molecule has 0 unspecified atom stereocenters. The van der Waals surface area contributed by atoms with E-state index in [2.05, 4.69) is 5.10 Å². The molecule has 1 aliphatic rings. The number of quaternary nitrogens is 1. The van der Waals surface area contributed by atoms with Gasteiger partial charge in [-0.25, -0.2) is 0 Å². The van der Waals surface area contributed by atoms with Crippen LogP contribution in [-0.4, -0.2) is 60.5 Å². The van der Waals surface area contributed by atoms with Crippen LogP contribution in [0.25, 0.3) is 0 Å². The van der Waals surface area contributed by atoms with E-state index in [0.29, 0.717) is 26.2 Å². The van der Waals surface area contributed by atoms with Crippen LogP contribution in [-0.2, 0) is 18.4 Å². The Morgan fingerprint density at radius 2 is 2.08 bits per heavy atom. The van der Waals surface area contributed by atoms with Crippen LogP contribution in [0.15, 0.2) is 30.3 Å². The number of likely N-dealkylation sites (N-methyl/N-ethyl adjacent to an activating group) is 1. The van der Waals surface area contributed by atoms with E-state index in [-0.39, 0.29) is 12.0 Å². The Kier molecular flexibility index (Phi) is 5.46. The van der Waals surface area contributed by atoms with Crippen molar-refractivity contribution in [3.05, 3.63) is 41.7 Å². The molecule has 1 aromatic carbocycles. The molecule has 2 heterocycles. The number of nitrogens with one attached hydrogen (secondary N) is 1. The zero-order valence-corrected chi connectivity index (χ0v) is 15.9. The summed E-state index contributed by atoms with van der Waals surface area (Å²) in [6.07, 6.45) is -0.194. The van der Waals surface area contributed by atoms with Crippen LogP contribution in [0.3, 0.4) is 0 Å². The number of para-hydroxylation sites is 2. The minimum atomic E-state index is -0.194. The van der Waals surface area contributed by atoms with Crippen LogP contribution in [0.2, 0.25) is 0 Å². The number of hydrogen-bond donors (Lipinski definition) is 1. The molecule has 0 saturated carbocycles. The first-order chi connectivity index (χ1) is 12.4. The van der Waals surface area contributed by atoms with Gasteiger partial charge in [-0.3, -0.25) is 9.48 Å². The average Bonchev–Trinajstić information content (AvgIpc) is 2.91. The third-order valence-corrected chi connectivity index (χ3v) is 4.30. The van der Waals surface area contributed by atoms with Gasteiger partial charge in [-0.15, -0.1) is 0 Å². The Labute approximate surface area is 154 Å². The first kappa shape index (κ1) is 18.3. The van der Waals surface area contributed by atoms with E-state index in [4.69, 9.17) is 9.47 Å². The van der Waals surface area contributed by atoms with Gasteiger partial charge in [0.2, 0.25) is 0 Å². The summed E-state index contributed by atoms with van der Waals surface area (Å²) < 4.78 is 13.7. The van der Waals surface area contributed by atoms with Gasteiger partial charge in [-0.1, -0.05) is 12.1 Å². The highest BCUT2D eigenvalue weighted by Gasteiger charge is 2.27. The monoisotopic (exact) mass is 359 g/mol. The molecule has 26 heavy (non-hydrogen) atoms. The summed E-state index contributed by atoms with van der Waals surface area (Å²) in [5, 5.41) is 4.38. The molecule has 0 aliphatic carbocycles. The quantitative estimate of drug-likeness (QED) is 0.791. The van der Waals surface area contributed by atoms with Gasteiger partial charge in [-0.05, 0) is 25.1 Å². The van der Waals surface area contributed by atoms with Crippen LogP contribution >= 0.6 is 0 Å². The van der Waals surface area contributed by atoms with Crippen molar-refractivity contribution >= 4 is 5.91 Å². The zero-order chi connectivity index (χ0) is 18.7. The number of hydrogen-bond acceptors (Lipinski definition) is 4. The maximum Gasteiger partial charge on any atom is 0.278 e. The third kappa shape index (κ3) is 4.35. The van der Waals surface area contributed by atoms with Gasteiger partial charge in [0.1, 0.15) is 6.61 Å². The number of amides is 1. The van der Waals surface area contributed by atoms with Crippen LogP contribution in [0.1, 0.15) is 11.4 Å². The fraction of sp³-hybridized carbons (Fsp3) is 0.474. The van der Waals surface area contributed by atoms with E-state index in [0.717, 1.165) is 27.8 Å². The van der Waals surface area contributed by atoms with E-state index >= 15 is 0 Å². The molecular formula is C19H27N4O3+. The minimum absolute atomic E-state index is 0.0892. The SMILES string of the molecule is Cc1cc(CN(C[C@H]2COc3ccccc3O2)C(=O)C[NH+](C)C)n(C)n1. The van der Waals surface area contributed by atoms with Crippen molar-refractivity contribution in [2.45, 2.75) is 19.6 Å². The topological polar surface area (TPSA) is 61.0 Å². The third-order valence-electron chi connectivity index (χ3n) is 4.30. The van der Waals surface area contributed by atoms with E-state index in [1.807, 2.05) is 68.0 Å². The average molecular weight is 359 g/mol. The number of aromatic nitrogens is 2. The molecule has 0 saturated heterocycles. The molecule has 1 atom stereocenters. The minimum Gasteiger partial charge on any atom is -0.486 e. The van der Waals surface area contributed by atoms with Crippen molar-refractivity contribution in [2.75, 3.05) is 33.8 Å². The lowest BCUT2D eigenvalue weighted by molar-refractivity contribution is -0.849.